The number of pyridine rings is 1. The summed E-state index contributed by atoms with van der Waals surface area (Å²) in [5, 5.41) is 4.65. The molecule has 0 bridgehead atoms. The highest BCUT2D eigenvalue weighted by Crippen LogP contribution is 2.28. The average molecular weight is 418 g/mol. The van der Waals surface area contributed by atoms with E-state index in [1.165, 1.54) is 11.1 Å². The molecule has 2 aliphatic heterocycles. The largest absolute Gasteiger partial charge is 0.493 e. The molecule has 0 saturated carbocycles. The Morgan fingerprint density at radius 1 is 1.19 bits per heavy atom. The van der Waals surface area contributed by atoms with Crippen LogP contribution in [0, 0.1) is 0 Å². The molecule has 31 heavy (non-hydrogen) atoms. The van der Waals surface area contributed by atoms with Crippen molar-refractivity contribution in [1.82, 2.24) is 19.7 Å². The first kappa shape index (κ1) is 19.8. The molecule has 0 radical (unpaired) electrons. The molecule has 0 spiro atoms. The Hall–Kier alpha value is -3.19. The summed E-state index contributed by atoms with van der Waals surface area (Å²) in [6, 6.07) is 12.3. The van der Waals surface area contributed by atoms with Crippen LogP contribution in [0.4, 0.5) is 0 Å². The van der Waals surface area contributed by atoms with Gasteiger partial charge in [0.2, 0.25) is 0 Å². The highest BCUT2D eigenvalue weighted by atomic mass is 16.5. The number of carbonyl (C=O) groups is 1. The molecular formula is C24H26N4O3. The van der Waals surface area contributed by atoms with E-state index in [1.807, 2.05) is 29.8 Å². The predicted octanol–water partition coefficient (Wildman–Crippen LogP) is 3.00. The monoisotopic (exact) mass is 418 g/mol. The van der Waals surface area contributed by atoms with Crippen molar-refractivity contribution in [1.29, 1.82) is 0 Å². The minimum Gasteiger partial charge on any atom is -0.493 e. The molecule has 3 aromatic rings. The number of nitrogens with zero attached hydrogens (tertiary/aromatic N) is 4. The van der Waals surface area contributed by atoms with Gasteiger partial charge in [-0.25, -0.2) is 4.79 Å². The molecule has 0 amide bonds. The summed E-state index contributed by atoms with van der Waals surface area (Å²) in [5.41, 5.74) is 5.99. The van der Waals surface area contributed by atoms with Gasteiger partial charge in [0.05, 0.1) is 25.5 Å². The fourth-order valence-electron chi connectivity index (χ4n) is 4.42. The molecule has 0 fully saturated rings. The normalized spacial score (nSPS) is 15.3. The fourth-order valence-corrected chi connectivity index (χ4v) is 4.42. The number of hydrogen-bond acceptors (Lipinski definition) is 6. The van der Waals surface area contributed by atoms with Gasteiger partial charge >= 0.3 is 5.97 Å². The van der Waals surface area contributed by atoms with Gasteiger partial charge in [-0.1, -0.05) is 18.2 Å². The highest BCUT2D eigenvalue weighted by molar-refractivity contribution is 5.89. The maximum Gasteiger partial charge on any atom is 0.359 e. The first-order chi connectivity index (χ1) is 15.2. The lowest BCUT2D eigenvalue weighted by Gasteiger charge is -2.27. The Morgan fingerprint density at radius 3 is 2.97 bits per heavy atom. The molecule has 7 nitrogen and oxygen atoms in total. The molecule has 7 heteroatoms. The Bertz CT molecular complexity index is 1090. The number of benzene rings is 1. The Labute approximate surface area is 181 Å². The topological polar surface area (TPSA) is 69.5 Å². The zero-order chi connectivity index (χ0) is 21.2. The van der Waals surface area contributed by atoms with Gasteiger partial charge in [-0.05, 0) is 36.2 Å². The number of fused-ring (bicyclic) bond motifs is 2. The van der Waals surface area contributed by atoms with Crippen LogP contribution in [0.1, 0.15) is 45.5 Å². The Kier molecular flexibility index (Phi) is 5.42. The zero-order valence-electron chi connectivity index (χ0n) is 17.7. The number of aromatic nitrogens is 3. The van der Waals surface area contributed by atoms with Crippen LogP contribution in [-0.2, 0) is 37.2 Å². The second kappa shape index (κ2) is 8.51. The maximum atomic E-state index is 12.6. The molecule has 0 saturated heterocycles. The Balaban J connectivity index is 1.40. The summed E-state index contributed by atoms with van der Waals surface area (Å²) in [6.45, 7) is 5.90. The number of rotatable bonds is 6. The van der Waals surface area contributed by atoms with E-state index in [-0.39, 0.29) is 5.97 Å². The van der Waals surface area contributed by atoms with Gasteiger partial charge in [0.25, 0.3) is 0 Å². The van der Waals surface area contributed by atoms with Gasteiger partial charge in [0.15, 0.2) is 5.69 Å². The standard InChI is InChI=1S/C24H26N4O3/c1-2-30-24(29)23-20-16-27(14-17-6-7-22-18(13-17)9-12-31-22)11-8-21(20)28(26-23)15-19-5-3-4-10-25-19/h3-7,10,13H,2,8-9,11-12,14-16H2,1H3. The minimum absolute atomic E-state index is 0.335. The number of hydrogen-bond donors (Lipinski definition) is 0. The van der Waals surface area contributed by atoms with E-state index in [4.69, 9.17) is 9.47 Å². The van der Waals surface area contributed by atoms with Gasteiger partial charge in [-0.15, -0.1) is 0 Å². The Morgan fingerprint density at radius 2 is 2.13 bits per heavy atom. The van der Waals surface area contributed by atoms with E-state index < -0.39 is 0 Å². The van der Waals surface area contributed by atoms with Crippen LogP contribution in [0.3, 0.4) is 0 Å². The summed E-state index contributed by atoms with van der Waals surface area (Å²) in [6.07, 6.45) is 3.59. The molecule has 4 heterocycles. The molecule has 0 atom stereocenters. The number of ether oxygens (including phenoxy) is 2. The first-order valence-corrected chi connectivity index (χ1v) is 10.8. The lowest BCUT2D eigenvalue weighted by molar-refractivity contribution is 0.0515. The van der Waals surface area contributed by atoms with E-state index in [1.54, 1.807) is 6.20 Å². The van der Waals surface area contributed by atoms with Gasteiger partial charge in [0, 0.05) is 49.9 Å². The molecule has 2 aromatic heterocycles. The third-order valence-electron chi connectivity index (χ3n) is 5.88. The summed E-state index contributed by atoms with van der Waals surface area (Å²) >= 11 is 0. The van der Waals surface area contributed by atoms with E-state index in [0.717, 1.165) is 55.2 Å². The van der Waals surface area contributed by atoms with E-state index in [9.17, 15) is 4.79 Å². The van der Waals surface area contributed by atoms with Crippen molar-refractivity contribution in [2.45, 2.75) is 39.4 Å². The van der Waals surface area contributed by atoms with E-state index >= 15 is 0 Å². The van der Waals surface area contributed by atoms with Crippen LogP contribution >= 0.6 is 0 Å². The van der Waals surface area contributed by atoms with Gasteiger partial charge in [-0.2, -0.15) is 5.10 Å². The lowest BCUT2D eigenvalue weighted by Crippen LogP contribution is -2.31. The van der Waals surface area contributed by atoms with E-state index in [2.05, 4.69) is 33.2 Å². The van der Waals surface area contributed by atoms with Crippen molar-refractivity contribution in [3.05, 3.63) is 76.4 Å². The average Bonchev–Trinajstić information content (AvgIpc) is 3.39. The highest BCUT2D eigenvalue weighted by Gasteiger charge is 2.29. The molecule has 5 rings (SSSR count). The van der Waals surface area contributed by atoms with E-state index in [0.29, 0.717) is 25.4 Å². The van der Waals surface area contributed by atoms with Crippen LogP contribution in [-0.4, -0.2) is 45.4 Å². The second-order valence-electron chi connectivity index (χ2n) is 7.97. The van der Waals surface area contributed by atoms with Crippen molar-refractivity contribution in [3.8, 4) is 5.75 Å². The van der Waals surface area contributed by atoms with Crippen LogP contribution in [0.25, 0.3) is 0 Å². The second-order valence-corrected chi connectivity index (χ2v) is 7.97. The molecule has 160 valence electrons. The van der Waals surface area contributed by atoms with Crippen molar-refractivity contribution in [3.63, 3.8) is 0 Å². The summed E-state index contributed by atoms with van der Waals surface area (Å²) in [5.74, 6) is 0.653. The third-order valence-corrected chi connectivity index (χ3v) is 5.88. The summed E-state index contributed by atoms with van der Waals surface area (Å²) < 4.78 is 12.8. The van der Waals surface area contributed by atoms with Crippen LogP contribution < -0.4 is 4.74 Å². The molecule has 2 aliphatic rings. The fraction of sp³-hybridized carbons (Fsp3) is 0.375. The summed E-state index contributed by atoms with van der Waals surface area (Å²) in [4.78, 5) is 19.4. The molecule has 0 unspecified atom stereocenters. The zero-order valence-corrected chi connectivity index (χ0v) is 17.7. The molecule has 0 aliphatic carbocycles. The predicted molar refractivity (Wildman–Crippen MR) is 115 cm³/mol. The minimum atomic E-state index is -0.352. The van der Waals surface area contributed by atoms with Crippen LogP contribution in [0.2, 0.25) is 0 Å². The number of esters is 1. The lowest BCUT2D eigenvalue weighted by atomic mass is 10.0. The van der Waals surface area contributed by atoms with Crippen molar-refractivity contribution in [2.75, 3.05) is 19.8 Å². The molecule has 0 N–H and O–H groups in total. The molecular weight excluding hydrogens is 392 g/mol. The van der Waals surface area contributed by atoms with Crippen molar-refractivity contribution < 1.29 is 14.3 Å². The van der Waals surface area contributed by atoms with Crippen LogP contribution in [0.15, 0.2) is 42.6 Å². The van der Waals surface area contributed by atoms with Crippen molar-refractivity contribution in [2.24, 2.45) is 0 Å². The van der Waals surface area contributed by atoms with Crippen LogP contribution in [0.5, 0.6) is 5.75 Å². The SMILES string of the molecule is CCOC(=O)c1nn(Cc2ccccn2)c2c1CN(Cc1ccc3c(c1)CCO3)CC2. The van der Waals surface area contributed by atoms with Gasteiger partial charge < -0.3 is 9.47 Å². The smallest absolute Gasteiger partial charge is 0.359 e. The number of carbonyl (C=O) groups excluding carboxylic acids is 1. The van der Waals surface area contributed by atoms with Gasteiger partial charge in [0.1, 0.15) is 5.75 Å². The quantitative estimate of drug-likeness (QED) is 0.573. The molecule has 1 aromatic carbocycles. The van der Waals surface area contributed by atoms with Gasteiger partial charge in [-0.3, -0.25) is 14.6 Å². The van der Waals surface area contributed by atoms with Crippen molar-refractivity contribution >= 4 is 5.97 Å². The first-order valence-electron chi connectivity index (χ1n) is 10.8. The third kappa shape index (κ3) is 4.05. The maximum absolute atomic E-state index is 12.6. The summed E-state index contributed by atoms with van der Waals surface area (Å²) in [7, 11) is 0.